The zero-order chi connectivity index (χ0) is 12.9. The number of aryl methyl sites for hydroxylation is 1. The van der Waals surface area contributed by atoms with Crippen molar-refractivity contribution in [3.05, 3.63) is 36.2 Å². The summed E-state index contributed by atoms with van der Waals surface area (Å²) in [7, 11) is 0. The van der Waals surface area contributed by atoms with Crippen LogP contribution in [0, 0.1) is 5.92 Å². The highest BCUT2D eigenvalue weighted by molar-refractivity contribution is 5.32. The molecule has 0 atom stereocenters. The predicted molar refractivity (Wildman–Crippen MR) is 74.1 cm³/mol. The second-order valence-electron chi connectivity index (χ2n) is 5.43. The minimum absolute atomic E-state index is 0.949. The van der Waals surface area contributed by atoms with E-state index >= 15 is 0 Å². The van der Waals surface area contributed by atoms with Gasteiger partial charge < -0.3 is 0 Å². The van der Waals surface area contributed by atoms with Gasteiger partial charge in [-0.3, -0.25) is 0 Å². The van der Waals surface area contributed by atoms with Gasteiger partial charge in [0.15, 0.2) is 6.33 Å². The first-order valence-corrected chi connectivity index (χ1v) is 7.24. The van der Waals surface area contributed by atoms with Crippen LogP contribution >= 0.6 is 0 Å². The van der Waals surface area contributed by atoms with Crippen molar-refractivity contribution < 1.29 is 0 Å². The molecule has 0 spiro atoms. The molecule has 1 saturated carbocycles. The molecule has 2 aromatic rings. The summed E-state index contributed by atoms with van der Waals surface area (Å²) >= 11 is 0. The van der Waals surface area contributed by atoms with E-state index in [0.29, 0.717) is 0 Å². The maximum atomic E-state index is 4.03. The van der Waals surface area contributed by atoms with Gasteiger partial charge in [-0.15, -0.1) is 15.0 Å². The van der Waals surface area contributed by atoms with Gasteiger partial charge >= 0.3 is 0 Å². The molecule has 1 aromatic heterocycles. The first-order chi connectivity index (χ1) is 9.42. The highest BCUT2D eigenvalue weighted by atomic mass is 15.6. The molecule has 0 aliphatic heterocycles. The summed E-state index contributed by atoms with van der Waals surface area (Å²) < 4.78 is 0. The Labute approximate surface area is 113 Å². The summed E-state index contributed by atoms with van der Waals surface area (Å²) in [6.45, 7) is 0. The molecule has 1 fully saturated rings. The molecule has 100 valence electrons. The molecular weight excluding hydrogens is 236 g/mol. The van der Waals surface area contributed by atoms with E-state index in [1.807, 2.05) is 0 Å². The number of nitrogens with zero attached hydrogens (tertiary/aromatic N) is 4. The van der Waals surface area contributed by atoms with Crippen LogP contribution in [0.2, 0.25) is 0 Å². The Bertz CT molecular complexity index is 483. The van der Waals surface area contributed by atoms with E-state index in [1.54, 1.807) is 4.80 Å². The molecule has 0 radical (unpaired) electrons. The van der Waals surface area contributed by atoms with Crippen molar-refractivity contribution in [1.29, 1.82) is 0 Å². The summed E-state index contributed by atoms with van der Waals surface area (Å²) in [5, 5.41) is 11.6. The molecule has 4 heteroatoms. The third kappa shape index (κ3) is 3.19. The van der Waals surface area contributed by atoms with Gasteiger partial charge in [-0.2, -0.15) is 0 Å². The number of hydrogen-bond acceptors (Lipinski definition) is 3. The normalized spacial score (nSPS) is 16.6. The van der Waals surface area contributed by atoms with Gasteiger partial charge in [-0.05, 0) is 41.7 Å². The summed E-state index contributed by atoms with van der Waals surface area (Å²) in [5.41, 5.74) is 2.38. The molecule has 0 N–H and O–H groups in total. The van der Waals surface area contributed by atoms with E-state index < -0.39 is 0 Å². The van der Waals surface area contributed by atoms with Crippen molar-refractivity contribution >= 4 is 0 Å². The van der Waals surface area contributed by atoms with Crippen LogP contribution in [0.1, 0.15) is 44.1 Å². The lowest BCUT2D eigenvalue weighted by Crippen LogP contribution is -2.07. The topological polar surface area (TPSA) is 43.6 Å². The summed E-state index contributed by atoms with van der Waals surface area (Å²) in [6.07, 6.45) is 11.1. The molecule has 4 nitrogen and oxygen atoms in total. The van der Waals surface area contributed by atoms with Crippen molar-refractivity contribution in [3.63, 3.8) is 0 Å². The molecule has 3 rings (SSSR count). The van der Waals surface area contributed by atoms with Crippen molar-refractivity contribution in [3.8, 4) is 5.69 Å². The number of hydrogen-bond donors (Lipinski definition) is 0. The lowest BCUT2D eigenvalue weighted by molar-refractivity contribution is 0.339. The van der Waals surface area contributed by atoms with Gasteiger partial charge in [0.2, 0.25) is 0 Å². The van der Waals surface area contributed by atoms with Gasteiger partial charge in [0.1, 0.15) is 0 Å². The van der Waals surface area contributed by atoms with Gasteiger partial charge in [0.25, 0.3) is 0 Å². The molecule has 1 aliphatic carbocycles. The Balaban J connectivity index is 1.57. The number of benzene rings is 1. The highest BCUT2D eigenvalue weighted by Gasteiger charge is 2.13. The van der Waals surface area contributed by atoms with Crippen molar-refractivity contribution in [2.24, 2.45) is 5.92 Å². The molecule has 1 heterocycles. The van der Waals surface area contributed by atoms with E-state index in [2.05, 4.69) is 39.7 Å². The molecular formula is C15H20N4. The highest BCUT2D eigenvalue weighted by Crippen LogP contribution is 2.27. The molecule has 0 amide bonds. The molecule has 0 saturated heterocycles. The number of aromatic nitrogens is 4. The summed E-state index contributed by atoms with van der Waals surface area (Å²) in [4.78, 5) is 1.55. The zero-order valence-electron chi connectivity index (χ0n) is 11.2. The molecule has 0 bridgehead atoms. The second-order valence-corrected chi connectivity index (χ2v) is 5.43. The van der Waals surface area contributed by atoms with Crippen LogP contribution in [0.25, 0.3) is 5.69 Å². The largest absolute Gasteiger partial charge is 0.162 e. The van der Waals surface area contributed by atoms with Crippen LogP contribution in [-0.4, -0.2) is 20.2 Å². The maximum absolute atomic E-state index is 4.03. The molecule has 1 aliphatic rings. The lowest BCUT2D eigenvalue weighted by atomic mass is 9.85. The number of tetrazole rings is 1. The maximum Gasteiger partial charge on any atom is 0.162 e. The first kappa shape index (κ1) is 12.3. The van der Waals surface area contributed by atoms with Crippen LogP contribution in [-0.2, 0) is 6.42 Å². The predicted octanol–water partition coefficient (Wildman–Crippen LogP) is 3.18. The van der Waals surface area contributed by atoms with E-state index in [4.69, 9.17) is 0 Å². The second kappa shape index (κ2) is 5.95. The van der Waals surface area contributed by atoms with Crippen LogP contribution in [0.4, 0.5) is 0 Å². The zero-order valence-corrected chi connectivity index (χ0v) is 11.2. The Kier molecular flexibility index (Phi) is 3.86. The van der Waals surface area contributed by atoms with Crippen molar-refractivity contribution in [2.45, 2.75) is 44.9 Å². The van der Waals surface area contributed by atoms with E-state index in [0.717, 1.165) is 11.6 Å². The van der Waals surface area contributed by atoms with E-state index in [9.17, 15) is 0 Å². The third-order valence-electron chi connectivity index (χ3n) is 4.08. The minimum atomic E-state index is 0.949. The quantitative estimate of drug-likeness (QED) is 0.844. The fourth-order valence-electron chi connectivity index (χ4n) is 2.93. The summed E-state index contributed by atoms with van der Waals surface area (Å²) in [6, 6.07) is 8.50. The smallest absolute Gasteiger partial charge is 0.135 e. The van der Waals surface area contributed by atoms with Crippen LogP contribution in [0.5, 0.6) is 0 Å². The van der Waals surface area contributed by atoms with Gasteiger partial charge in [0, 0.05) is 0 Å². The van der Waals surface area contributed by atoms with Crippen molar-refractivity contribution in [2.75, 3.05) is 0 Å². The fourth-order valence-corrected chi connectivity index (χ4v) is 2.93. The van der Waals surface area contributed by atoms with Crippen LogP contribution in [0.15, 0.2) is 30.6 Å². The lowest BCUT2D eigenvalue weighted by Gasteiger charge is -2.21. The minimum Gasteiger partial charge on any atom is -0.135 e. The molecule has 0 unspecified atom stereocenters. The van der Waals surface area contributed by atoms with Gasteiger partial charge in [-0.1, -0.05) is 44.2 Å². The first-order valence-electron chi connectivity index (χ1n) is 7.24. The summed E-state index contributed by atoms with van der Waals surface area (Å²) in [5.74, 6) is 0.949. The standard InChI is InChI=1S/C15H20N4/c1-2-4-13(5-3-1)6-7-14-8-10-15(11-9-14)19-17-12-16-18-19/h8-13H,1-7H2. The Morgan fingerprint density at radius 3 is 2.53 bits per heavy atom. The van der Waals surface area contributed by atoms with E-state index in [-0.39, 0.29) is 0 Å². The van der Waals surface area contributed by atoms with Crippen LogP contribution < -0.4 is 0 Å². The average molecular weight is 256 g/mol. The molecule has 1 aromatic carbocycles. The Hall–Kier alpha value is -1.71. The van der Waals surface area contributed by atoms with Crippen LogP contribution in [0.3, 0.4) is 0 Å². The Morgan fingerprint density at radius 1 is 1.05 bits per heavy atom. The Morgan fingerprint density at radius 2 is 1.84 bits per heavy atom. The third-order valence-corrected chi connectivity index (χ3v) is 4.08. The van der Waals surface area contributed by atoms with E-state index in [1.165, 1.54) is 56.8 Å². The number of rotatable bonds is 4. The fraction of sp³-hybridized carbons (Fsp3) is 0.533. The van der Waals surface area contributed by atoms with Gasteiger partial charge in [0.05, 0.1) is 5.69 Å². The van der Waals surface area contributed by atoms with Crippen molar-refractivity contribution in [1.82, 2.24) is 20.2 Å². The van der Waals surface area contributed by atoms with Gasteiger partial charge in [-0.25, -0.2) is 0 Å². The monoisotopic (exact) mass is 256 g/mol. The average Bonchev–Trinajstić information content (AvgIpc) is 3.01. The molecule has 19 heavy (non-hydrogen) atoms. The SMILES string of the molecule is c1nnn(-c2ccc(CCC3CCCCC3)cc2)n1.